The first kappa shape index (κ1) is 12.2. The SMILES string of the molecule is CC(C)(C#N)CNC(=O)c1ccc(F)cc1. The molecule has 0 aromatic heterocycles. The van der Waals surface area contributed by atoms with E-state index in [0.717, 1.165) is 0 Å². The average molecular weight is 220 g/mol. The maximum Gasteiger partial charge on any atom is 0.251 e. The van der Waals surface area contributed by atoms with Gasteiger partial charge in [-0.25, -0.2) is 4.39 Å². The van der Waals surface area contributed by atoms with E-state index in [4.69, 9.17) is 5.26 Å². The van der Waals surface area contributed by atoms with Gasteiger partial charge >= 0.3 is 0 Å². The van der Waals surface area contributed by atoms with Crippen molar-refractivity contribution in [3.05, 3.63) is 35.6 Å². The van der Waals surface area contributed by atoms with Crippen LogP contribution in [-0.2, 0) is 0 Å². The smallest absolute Gasteiger partial charge is 0.251 e. The van der Waals surface area contributed by atoms with Crippen molar-refractivity contribution < 1.29 is 9.18 Å². The van der Waals surface area contributed by atoms with E-state index in [1.807, 2.05) is 0 Å². The molecular formula is C12H13FN2O. The number of amides is 1. The number of rotatable bonds is 3. The zero-order chi connectivity index (χ0) is 12.2. The van der Waals surface area contributed by atoms with E-state index in [1.165, 1.54) is 24.3 Å². The Balaban J connectivity index is 2.61. The summed E-state index contributed by atoms with van der Waals surface area (Å²) in [6.45, 7) is 3.73. The van der Waals surface area contributed by atoms with E-state index < -0.39 is 5.41 Å². The standard InChI is InChI=1S/C12H13FN2O/c1-12(2,7-14)8-15-11(16)9-3-5-10(13)6-4-9/h3-6H,8H2,1-2H3,(H,15,16). The molecule has 0 atom stereocenters. The predicted octanol–water partition coefficient (Wildman–Crippen LogP) is 2.11. The summed E-state index contributed by atoms with van der Waals surface area (Å²) >= 11 is 0. The highest BCUT2D eigenvalue weighted by molar-refractivity contribution is 5.94. The van der Waals surface area contributed by atoms with Gasteiger partial charge in [-0.2, -0.15) is 5.26 Å². The molecule has 0 unspecified atom stereocenters. The molecule has 4 heteroatoms. The molecule has 1 amide bonds. The Hall–Kier alpha value is -1.89. The number of nitrogens with zero attached hydrogens (tertiary/aromatic N) is 1. The molecule has 0 aliphatic heterocycles. The zero-order valence-corrected chi connectivity index (χ0v) is 9.25. The van der Waals surface area contributed by atoms with Crippen LogP contribution in [0.5, 0.6) is 0 Å². The molecule has 0 saturated carbocycles. The van der Waals surface area contributed by atoms with Crippen molar-refractivity contribution in [1.82, 2.24) is 5.32 Å². The summed E-state index contributed by atoms with van der Waals surface area (Å²) in [5.74, 6) is -0.683. The third-order valence-electron chi connectivity index (χ3n) is 2.10. The number of benzene rings is 1. The minimum absolute atomic E-state index is 0.264. The third-order valence-corrected chi connectivity index (χ3v) is 2.10. The lowest BCUT2D eigenvalue weighted by atomic mass is 9.96. The fourth-order valence-electron chi connectivity index (χ4n) is 1.04. The second-order valence-corrected chi connectivity index (χ2v) is 4.19. The molecule has 0 heterocycles. The quantitative estimate of drug-likeness (QED) is 0.848. The molecular weight excluding hydrogens is 207 g/mol. The molecule has 0 aliphatic carbocycles. The highest BCUT2D eigenvalue weighted by atomic mass is 19.1. The summed E-state index contributed by atoms with van der Waals surface area (Å²) in [4.78, 5) is 11.6. The molecule has 0 saturated heterocycles. The number of hydrogen-bond acceptors (Lipinski definition) is 2. The monoisotopic (exact) mass is 220 g/mol. The Bertz CT molecular complexity index is 418. The lowest BCUT2D eigenvalue weighted by Gasteiger charge is -2.15. The topological polar surface area (TPSA) is 52.9 Å². The second-order valence-electron chi connectivity index (χ2n) is 4.19. The number of nitriles is 1. The van der Waals surface area contributed by atoms with Crippen LogP contribution >= 0.6 is 0 Å². The Morgan fingerprint density at radius 1 is 1.44 bits per heavy atom. The van der Waals surface area contributed by atoms with Crippen LogP contribution in [0.3, 0.4) is 0 Å². The van der Waals surface area contributed by atoms with Crippen LogP contribution in [0.4, 0.5) is 4.39 Å². The highest BCUT2D eigenvalue weighted by Gasteiger charge is 2.17. The van der Waals surface area contributed by atoms with Crippen molar-refractivity contribution >= 4 is 5.91 Å². The van der Waals surface area contributed by atoms with Crippen molar-refractivity contribution in [1.29, 1.82) is 5.26 Å². The van der Waals surface area contributed by atoms with Gasteiger partial charge in [0.2, 0.25) is 0 Å². The molecule has 0 fully saturated rings. The van der Waals surface area contributed by atoms with Gasteiger partial charge in [0.1, 0.15) is 5.82 Å². The normalized spacial score (nSPS) is 10.6. The van der Waals surface area contributed by atoms with Crippen molar-refractivity contribution in [3.63, 3.8) is 0 Å². The molecule has 1 aromatic rings. The van der Waals surface area contributed by atoms with E-state index in [-0.39, 0.29) is 18.3 Å². The summed E-state index contributed by atoms with van der Waals surface area (Å²) in [6.07, 6.45) is 0. The van der Waals surface area contributed by atoms with Crippen molar-refractivity contribution in [2.75, 3.05) is 6.54 Å². The van der Waals surface area contributed by atoms with E-state index in [2.05, 4.69) is 11.4 Å². The molecule has 1 aromatic carbocycles. The number of halogens is 1. The van der Waals surface area contributed by atoms with Crippen LogP contribution in [-0.4, -0.2) is 12.5 Å². The molecule has 1 N–H and O–H groups in total. The van der Waals surface area contributed by atoms with Gasteiger partial charge in [-0.15, -0.1) is 0 Å². The summed E-state index contributed by atoms with van der Waals surface area (Å²) in [5.41, 5.74) is -0.217. The van der Waals surface area contributed by atoms with E-state index in [9.17, 15) is 9.18 Å². The van der Waals surface area contributed by atoms with Gasteiger partial charge in [0.05, 0.1) is 11.5 Å². The van der Waals surface area contributed by atoms with Crippen molar-refractivity contribution in [3.8, 4) is 6.07 Å². The van der Waals surface area contributed by atoms with Crippen LogP contribution < -0.4 is 5.32 Å². The summed E-state index contributed by atoms with van der Waals surface area (Å²) in [5, 5.41) is 11.4. The zero-order valence-electron chi connectivity index (χ0n) is 9.25. The minimum Gasteiger partial charge on any atom is -0.350 e. The van der Waals surface area contributed by atoms with Crippen LogP contribution in [0.2, 0.25) is 0 Å². The summed E-state index contributed by atoms with van der Waals surface area (Å²) < 4.78 is 12.6. The molecule has 3 nitrogen and oxygen atoms in total. The van der Waals surface area contributed by atoms with Gasteiger partial charge in [0.25, 0.3) is 5.91 Å². The molecule has 84 valence electrons. The Labute approximate surface area is 93.9 Å². The first-order valence-corrected chi connectivity index (χ1v) is 4.90. The van der Waals surface area contributed by atoms with E-state index in [0.29, 0.717) is 5.56 Å². The van der Waals surface area contributed by atoms with Gasteiger partial charge < -0.3 is 5.32 Å². The molecule has 0 radical (unpaired) electrons. The lowest BCUT2D eigenvalue weighted by molar-refractivity contribution is 0.0943. The average Bonchev–Trinajstić information content (AvgIpc) is 2.27. The summed E-state index contributed by atoms with van der Waals surface area (Å²) in [6, 6.07) is 7.35. The van der Waals surface area contributed by atoms with Gasteiger partial charge in [-0.3, -0.25) is 4.79 Å². The Morgan fingerprint density at radius 2 is 2.00 bits per heavy atom. The fraction of sp³-hybridized carbons (Fsp3) is 0.333. The predicted molar refractivity (Wildman–Crippen MR) is 58.1 cm³/mol. The molecule has 0 spiro atoms. The van der Waals surface area contributed by atoms with Gasteiger partial charge in [-0.05, 0) is 38.1 Å². The van der Waals surface area contributed by atoms with Crippen molar-refractivity contribution in [2.45, 2.75) is 13.8 Å². The van der Waals surface area contributed by atoms with Crippen LogP contribution in [0, 0.1) is 22.6 Å². The maximum absolute atomic E-state index is 12.6. The van der Waals surface area contributed by atoms with Crippen molar-refractivity contribution in [2.24, 2.45) is 5.41 Å². The van der Waals surface area contributed by atoms with Crippen LogP contribution in [0.15, 0.2) is 24.3 Å². The number of carbonyl (C=O) groups excluding carboxylic acids is 1. The Morgan fingerprint density at radius 3 is 2.50 bits per heavy atom. The van der Waals surface area contributed by atoms with Crippen LogP contribution in [0.1, 0.15) is 24.2 Å². The second kappa shape index (κ2) is 4.75. The molecule has 16 heavy (non-hydrogen) atoms. The van der Waals surface area contributed by atoms with Gasteiger partial charge in [0.15, 0.2) is 0 Å². The minimum atomic E-state index is -0.601. The fourth-order valence-corrected chi connectivity index (χ4v) is 1.04. The Kier molecular flexibility index (Phi) is 3.62. The molecule has 0 aliphatic rings. The number of nitrogens with one attached hydrogen (secondary N) is 1. The number of carbonyl (C=O) groups is 1. The maximum atomic E-state index is 12.6. The van der Waals surface area contributed by atoms with E-state index in [1.54, 1.807) is 13.8 Å². The summed E-state index contributed by atoms with van der Waals surface area (Å²) in [7, 11) is 0. The van der Waals surface area contributed by atoms with Gasteiger partial charge in [-0.1, -0.05) is 0 Å². The first-order chi connectivity index (χ1) is 7.44. The van der Waals surface area contributed by atoms with E-state index >= 15 is 0 Å². The van der Waals surface area contributed by atoms with Crippen LogP contribution in [0.25, 0.3) is 0 Å². The lowest BCUT2D eigenvalue weighted by Crippen LogP contribution is -2.33. The highest BCUT2D eigenvalue weighted by Crippen LogP contribution is 2.11. The van der Waals surface area contributed by atoms with Gasteiger partial charge in [0, 0.05) is 12.1 Å². The molecule has 0 bridgehead atoms. The third kappa shape index (κ3) is 3.35. The molecule has 1 rings (SSSR count). The number of hydrogen-bond donors (Lipinski definition) is 1. The largest absolute Gasteiger partial charge is 0.350 e. The first-order valence-electron chi connectivity index (χ1n) is 4.90.